The van der Waals surface area contributed by atoms with E-state index in [1.54, 1.807) is 43.5 Å². The first-order valence-corrected chi connectivity index (χ1v) is 10.3. The summed E-state index contributed by atoms with van der Waals surface area (Å²) in [5.41, 5.74) is 2.09. The Balaban J connectivity index is 1.65. The molecule has 0 fully saturated rings. The molecular formula is C22H18ClN3O3S. The number of hydrogen-bond acceptors (Lipinski definition) is 5. The van der Waals surface area contributed by atoms with Gasteiger partial charge in [-0.1, -0.05) is 23.7 Å². The Labute approximate surface area is 181 Å². The highest BCUT2D eigenvalue weighted by Gasteiger charge is 2.18. The SMILES string of the molecule is COc1ccc(NC(=O)Cn2cnc3sc(C)c(-c4ccc(Cl)cc4)c3c2=O)cc1. The van der Waals surface area contributed by atoms with Crippen molar-refractivity contribution in [1.82, 2.24) is 9.55 Å². The maximum Gasteiger partial charge on any atom is 0.263 e. The minimum Gasteiger partial charge on any atom is -0.497 e. The van der Waals surface area contributed by atoms with Gasteiger partial charge in [-0.05, 0) is 48.9 Å². The number of thiophene rings is 1. The van der Waals surface area contributed by atoms with Crippen LogP contribution in [0.5, 0.6) is 5.75 Å². The van der Waals surface area contributed by atoms with E-state index in [9.17, 15) is 9.59 Å². The van der Waals surface area contributed by atoms with Crippen molar-refractivity contribution in [1.29, 1.82) is 0 Å². The molecule has 0 aliphatic rings. The fourth-order valence-electron chi connectivity index (χ4n) is 3.24. The van der Waals surface area contributed by atoms with E-state index < -0.39 is 0 Å². The maximum atomic E-state index is 13.2. The first-order chi connectivity index (χ1) is 14.5. The van der Waals surface area contributed by atoms with Crippen molar-refractivity contribution in [2.75, 3.05) is 12.4 Å². The van der Waals surface area contributed by atoms with Crippen LogP contribution in [0.15, 0.2) is 59.7 Å². The highest BCUT2D eigenvalue weighted by atomic mass is 35.5. The van der Waals surface area contributed by atoms with Gasteiger partial charge in [0.1, 0.15) is 17.1 Å². The molecule has 0 saturated carbocycles. The Morgan fingerprint density at radius 1 is 1.17 bits per heavy atom. The van der Waals surface area contributed by atoms with Gasteiger partial charge in [0.2, 0.25) is 5.91 Å². The molecule has 2 heterocycles. The zero-order valence-electron chi connectivity index (χ0n) is 16.3. The number of nitrogens with zero attached hydrogens (tertiary/aromatic N) is 2. The Kier molecular flexibility index (Phi) is 5.57. The molecule has 0 atom stereocenters. The molecule has 4 rings (SSSR count). The number of halogens is 1. The lowest BCUT2D eigenvalue weighted by molar-refractivity contribution is -0.116. The van der Waals surface area contributed by atoms with Gasteiger partial charge in [0, 0.05) is 21.2 Å². The molecular weight excluding hydrogens is 422 g/mol. The van der Waals surface area contributed by atoms with Crippen LogP contribution in [0, 0.1) is 6.92 Å². The van der Waals surface area contributed by atoms with Gasteiger partial charge in [0.15, 0.2) is 0 Å². The molecule has 8 heteroatoms. The minimum absolute atomic E-state index is 0.136. The van der Waals surface area contributed by atoms with Crippen molar-refractivity contribution in [3.8, 4) is 16.9 Å². The third kappa shape index (κ3) is 3.94. The van der Waals surface area contributed by atoms with Crippen molar-refractivity contribution < 1.29 is 9.53 Å². The summed E-state index contributed by atoms with van der Waals surface area (Å²) >= 11 is 7.46. The molecule has 0 aliphatic carbocycles. The lowest BCUT2D eigenvalue weighted by Crippen LogP contribution is -2.27. The van der Waals surface area contributed by atoms with Gasteiger partial charge in [-0.15, -0.1) is 11.3 Å². The average molecular weight is 440 g/mol. The Morgan fingerprint density at radius 2 is 1.87 bits per heavy atom. The molecule has 4 aromatic rings. The van der Waals surface area contributed by atoms with Gasteiger partial charge in [-0.25, -0.2) is 4.98 Å². The Morgan fingerprint density at radius 3 is 2.53 bits per heavy atom. The molecule has 0 bridgehead atoms. The number of ether oxygens (including phenoxy) is 1. The Bertz CT molecular complexity index is 1280. The lowest BCUT2D eigenvalue weighted by atomic mass is 10.0. The Hall–Kier alpha value is -3.16. The number of anilines is 1. The third-order valence-corrected chi connectivity index (χ3v) is 5.94. The zero-order valence-corrected chi connectivity index (χ0v) is 17.9. The largest absolute Gasteiger partial charge is 0.497 e. The minimum atomic E-state index is -0.316. The quantitative estimate of drug-likeness (QED) is 0.487. The van der Waals surface area contributed by atoms with Crippen LogP contribution in [-0.2, 0) is 11.3 Å². The van der Waals surface area contributed by atoms with Crippen molar-refractivity contribution in [3.05, 3.63) is 75.1 Å². The van der Waals surface area contributed by atoms with E-state index in [2.05, 4.69) is 10.3 Å². The summed E-state index contributed by atoms with van der Waals surface area (Å²) in [6.45, 7) is 1.82. The number of hydrogen-bond donors (Lipinski definition) is 1. The molecule has 30 heavy (non-hydrogen) atoms. The summed E-state index contributed by atoms with van der Waals surface area (Å²) in [4.78, 5) is 31.7. The normalized spacial score (nSPS) is 10.9. The summed E-state index contributed by atoms with van der Waals surface area (Å²) < 4.78 is 6.44. The average Bonchev–Trinajstić information content (AvgIpc) is 3.08. The number of amides is 1. The van der Waals surface area contributed by atoms with Gasteiger partial charge >= 0.3 is 0 Å². The highest BCUT2D eigenvalue weighted by molar-refractivity contribution is 7.19. The standard InChI is InChI=1S/C22H18ClN3O3S/c1-13-19(14-3-5-15(23)6-4-14)20-21(30-13)24-12-26(22(20)28)11-18(27)25-16-7-9-17(29-2)10-8-16/h3-10,12H,11H2,1-2H3,(H,25,27). The fourth-order valence-corrected chi connectivity index (χ4v) is 4.37. The van der Waals surface area contributed by atoms with Crippen molar-refractivity contribution >= 4 is 44.7 Å². The summed E-state index contributed by atoms with van der Waals surface area (Å²) in [5.74, 6) is 0.379. The highest BCUT2D eigenvalue weighted by Crippen LogP contribution is 2.35. The molecule has 0 saturated heterocycles. The molecule has 6 nitrogen and oxygen atoms in total. The van der Waals surface area contributed by atoms with Crippen LogP contribution < -0.4 is 15.6 Å². The molecule has 0 radical (unpaired) electrons. The lowest BCUT2D eigenvalue weighted by Gasteiger charge is -2.08. The van der Waals surface area contributed by atoms with Crippen LogP contribution >= 0.6 is 22.9 Å². The predicted octanol–water partition coefficient (Wildman–Crippen LogP) is 4.73. The maximum absolute atomic E-state index is 13.2. The number of rotatable bonds is 5. The fraction of sp³-hybridized carbons (Fsp3) is 0.136. The summed E-state index contributed by atoms with van der Waals surface area (Å²) in [7, 11) is 1.58. The van der Waals surface area contributed by atoms with Crippen molar-refractivity contribution in [3.63, 3.8) is 0 Å². The number of carbonyl (C=O) groups excluding carboxylic acids is 1. The third-order valence-electron chi connectivity index (χ3n) is 4.68. The van der Waals surface area contributed by atoms with E-state index in [0.29, 0.717) is 26.7 Å². The molecule has 2 aromatic heterocycles. The number of carbonyl (C=O) groups is 1. The molecule has 0 aliphatic heterocycles. The second kappa shape index (κ2) is 8.30. The second-order valence-corrected chi connectivity index (χ2v) is 8.31. The van der Waals surface area contributed by atoms with Crippen LogP contribution in [-0.4, -0.2) is 22.6 Å². The summed E-state index contributed by atoms with van der Waals surface area (Å²) in [6, 6.07) is 14.3. The van der Waals surface area contributed by atoms with E-state index in [1.165, 1.54) is 22.2 Å². The van der Waals surface area contributed by atoms with E-state index in [1.807, 2.05) is 19.1 Å². The van der Waals surface area contributed by atoms with Gasteiger partial charge in [0.05, 0.1) is 18.8 Å². The van der Waals surface area contributed by atoms with Gasteiger partial charge in [-0.2, -0.15) is 0 Å². The van der Waals surface area contributed by atoms with Crippen LogP contribution in [0.25, 0.3) is 21.3 Å². The number of nitrogens with one attached hydrogen (secondary N) is 1. The number of aryl methyl sites for hydroxylation is 1. The zero-order chi connectivity index (χ0) is 21.3. The molecule has 152 valence electrons. The second-order valence-electron chi connectivity index (χ2n) is 6.67. The van der Waals surface area contributed by atoms with E-state index in [4.69, 9.17) is 16.3 Å². The number of fused-ring (bicyclic) bond motifs is 1. The molecule has 0 spiro atoms. The predicted molar refractivity (Wildman–Crippen MR) is 121 cm³/mol. The van der Waals surface area contributed by atoms with Gasteiger partial charge in [-0.3, -0.25) is 14.2 Å². The first kappa shape index (κ1) is 20.1. The molecule has 1 N–H and O–H groups in total. The van der Waals surface area contributed by atoms with Crippen molar-refractivity contribution in [2.45, 2.75) is 13.5 Å². The smallest absolute Gasteiger partial charge is 0.263 e. The van der Waals surface area contributed by atoms with E-state index in [0.717, 1.165) is 16.0 Å². The summed E-state index contributed by atoms with van der Waals surface area (Å²) in [5, 5.41) is 3.92. The number of benzene rings is 2. The number of methoxy groups -OCH3 is 1. The van der Waals surface area contributed by atoms with Crippen LogP contribution in [0.2, 0.25) is 5.02 Å². The number of aromatic nitrogens is 2. The van der Waals surface area contributed by atoms with Crippen molar-refractivity contribution in [2.24, 2.45) is 0 Å². The monoisotopic (exact) mass is 439 g/mol. The first-order valence-electron chi connectivity index (χ1n) is 9.14. The molecule has 1 amide bonds. The van der Waals surface area contributed by atoms with Gasteiger partial charge < -0.3 is 10.1 Å². The van der Waals surface area contributed by atoms with Crippen LogP contribution in [0.3, 0.4) is 0 Å². The van der Waals surface area contributed by atoms with Crippen LogP contribution in [0.1, 0.15) is 4.88 Å². The van der Waals surface area contributed by atoms with E-state index in [-0.39, 0.29) is 18.0 Å². The topological polar surface area (TPSA) is 73.2 Å². The molecule has 0 unspecified atom stereocenters. The van der Waals surface area contributed by atoms with Gasteiger partial charge in [0.25, 0.3) is 5.56 Å². The van der Waals surface area contributed by atoms with Crippen LogP contribution in [0.4, 0.5) is 5.69 Å². The molecule has 2 aromatic carbocycles. The van der Waals surface area contributed by atoms with E-state index >= 15 is 0 Å². The summed E-state index contributed by atoms with van der Waals surface area (Å²) in [6.07, 6.45) is 1.42.